The normalized spacial score (nSPS) is 14.0. The lowest BCUT2D eigenvalue weighted by Gasteiger charge is -2.41. The van der Waals surface area contributed by atoms with E-state index in [-0.39, 0.29) is 38.8 Å². The third kappa shape index (κ3) is 11.8. The average Bonchev–Trinajstić information content (AvgIpc) is 3.44. The van der Waals surface area contributed by atoms with Crippen molar-refractivity contribution in [2.24, 2.45) is 5.41 Å². The minimum atomic E-state index is -1.70. The SMILES string of the molecule is CCCC(CCC)(C(=O)NCC(O)(Cc1cccc(OC)c1)C(c1cccc(OC)c1)c1cccc2ccccc12)C(=O)NCC(O)(Cc1cccc(OC)c1)C(c1cccc(OC)c1)c1cccc2ccccc12. The number of methoxy groups -OCH3 is 4. The molecule has 0 aliphatic rings. The van der Waals surface area contributed by atoms with Gasteiger partial charge in [0.1, 0.15) is 28.4 Å². The molecule has 0 radical (unpaired) electrons. The largest absolute Gasteiger partial charge is 0.497 e. The number of hydrogen-bond acceptors (Lipinski definition) is 8. The van der Waals surface area contributed by atoms with Gasteiger partial charge in [0.2, 0.25) is 11.8 Å². The Hall–Kier alpha value is -7.66. The van der Waals surface area contributed by atoms with Crippen LogP contribution in [0.2, 0.25) is 0 Å². The second-order valence-electron chi connectivity index (χ2n) is 19.8. The fraction of sp³-hybridized carbons (Fsp3) is 0.292. The van der Waals surface area contributed by atoms with E-state index in [0.29, 0.717) is 35.8 Å². The third-order valence-electron chi connectivity index (χ3n) is 14.8. The Kier molecular flexibility index (Phi) is 17.3. The zero-order valence-corrected chi connectivity index (χ0v) is 44.0. The van der Waals surface area contributed by atoms with Gasteiger partial charge in [0, 0.05) is 37.8 Å². The van der Waals surface area contributed by atoms with Crippen molar-refractivity contribution in [2.45, 2.75) is 75.4 Å². The van der Waals surface area contributed by atoms with E-state index >= 15 is 9.59 Å². The van der Waals surface area contributed by atoms with Crippen LogP contribution in [0.25, 0.3) is 21.5 Å². The van der Waals surface area contributed by atoms with E-state index in [1.54, 1.807) is 28.4 Å². The second-order valence-corrected chi connectivity index (χ2v) is 19.8. The van der Waals surface area contributed by atoms with E-state index in [9.17, 15) is 10.2 Å². The van der Waals surface area contributed by atoms with Crippen molar-refractivity contribution in [1.82, 2.24) is 10.6 Å². The van der Waals surface area contributed by atoms with Crippen LogP contribution in [-0.4, -0.2) is 74.8 Å². The molecule has 0 heterocycles. The number of carbonyl (C=O) groups excluding carboxylic acids is 2. The summed E-state index contributed by atoms with van der Waals surface area (Å²) in [7, 11) is 6.44. The molecule has 0 spiro atoms. The molecule has 8 rings (SSSR count). The molecule has 10 nitrogen and oxygen atoms in total. The third-order valence-corrected chi connectivity index (χ3v) is 14.8. The Morgan fingerprint density at radius 1 is 0.453 bits per heavy atom. The smallest absolute Gasteiger partial charge is 0.235 e. The second kappa shape index (κ2) is 24.1. The summed E-state index contributed by atoms with van der Waals surface area (Å²) in [5, 5.41) is 37.8. The standard InChI is InChI=1S/C65H70N2O8/c1-7-35-63(36-8-2,61(68)66-43-64(70,41-45-19-13-27-51(37-45)72-3)59(49-25-15-29-53(39-49)74-5)57-33-17-23-47-21-9-11-31-55(47)57)62(69)67-44-65(71,42-46-20-14-28-52(38-46)73-4)60(50-26-16-30-54(40-50)75-6)58-34-18-24-48-22-10-12-32-56(48)58/h9-34,37-40,59-60,70-71H,7-8,35-36,41-44H2,1-6H3,(H,66,68)(H,67,69). The molecule has 8 aromatic carbocycles. The summed E-state index contributed by atoms with van der Waals surface area (Å²) in [5.41, 5.74) is -0.120. The van der Waals surface area contributed by atoms with Crippen LogP contribution >= 0.6 is 0 Å². The first kappa shape index (κ1) is 53.6. The highest BCUT2D eigenvalue weighted by Gasteiger charge is 2.48. The van der Waals surface area contributed by atoms with Gasteiger partial charge in [-0.05, 0) is 116 Å². The topological polar surface area (TPSA) is 136 Å². The highest BCUT2D eigenvalue weighted by atomic mass is 16.5. The van der Waals surface area contributed by atoms with Gasteiger partial charge >= 0.3 is 0 Å². The molecule has 388 valence electrons. The number of benzene rings is 8. The number of nitrogens with one attached hydrogen (secondary N) is 2. The Bertz CT molecular complexity index is 3000. The molecule has 75 heavy (non-hydrogen) atoms. The average molecular weight is 1010 g/mol. The summed E-state index contributed by atoms with van der Waals surface area (Å²) in [4.78, 5) is 31.1. The molecular formula is C65H70N2O8. The van der Waals surface area contributed by atoms with Crippen LogP contribution in [0.4, 0.5) is 0 Å². The molecule has 0 saturated heterocycles. The molecule has 4 unspecified atom stereocenters. The van der Waals surface area contributed by atoms with Gasteiger partial charge in [-0.2, -0.15) is 0 Å². The first-order chi connectivity index (χ1) is 36.4. The molecule has 10 heteroatoms. The molecule has 0 aliphatic heterocycles. The number of carbonyl (C=O) groups is 2. The highest BCUT2D eigenvalue weighted by molar-refractivity contribution is 6.05. The molecule has 4 N–H and O–H groups in total. The van der Waals surface area contributed by atoms with Gasteiger partial charge in [-0.1, -0.05) is 160 Å². The number of fused-ring (bicyclic) bond motifs is 2. The Morgan fingerprint density at radius 2 is 0.800 bits per heavy atom. The van der Waals surface area contributed by atoms with Gasteiger partial charge in [0.05, 0.1) is 39.6 Å². The Labute approximate surface area is 441 Å². The van der Waals surface area contributed by atoms with Crippen molar-refractivity contribution < 1.29 is 38.7 Å². The van der Waals surface area contributed by atoms with E-state index in [2.05, 4.69) is 22.8 Å². The fourth-order valence-electron chi connectivity index (χ4n) is 11.4. The number of rotatable bonds is 24. The van der Waals surface area contributed by atoms with Gasteiger partial charge in [-0.15, -0.1) is 0 Å². The fourth-order valence-corrected chi connectivity index (χ4v) is 11.4. The Morgan fingerprint density at radius 3 is 1.19 bits per heavy atom. The van der Waals surface area contributed by atoms with Crippen LogP contribution in [0.15, 0.2) is 182 Å². The van der Waals surface area contributed by atoms with E-state index in [1.165, 1.54) is 0 Å². The Balaban J connectivity index is 1.21. The van der Waals surface area contributed by atoms with Crippen molar-refractivity contribution in [1.29, 1.82) is 0 Å². The molecule has 0 bridgehead atoms. The molecule has 0 saturated carbocycles. The van der Waals surface area contributed by atoms with E-state index in [4.69, 9.17) is 18.9 Å². The van der Waals surface area contributed by atoms with Crippen molar-refractivity contribution >= 4 is 33.4 Å². The monoisotopic (exact) mass is 1010 g/mol. The van der Waals surface area contributed by atoms with Gasteiger partial charge in [0.15, 0.2) is 0 Å². The first-order valence-corrected chi connectivity index (χ1v) is 25.9. The van der Waals surface area contributed by atoms with Crippen molar-refractivity contribution in [3.8, 4) is 23.0 Å². The first-order valence-electron chi connectivity index (χ1n) is 25.9. The zero-order chi connectivity index (χ0) is 53.0. The molecule has 0 aromatic heterocycles. The van der Waals surface area contributed by atoms with Crippen molar-refractivity contribution in [3.05, 3.63) is 215 Å². The predicted octanol–water partition coefficient (Wildman–Crippen LogP) is 11.8. The lowest BCUT2D eigenvalue weighted by atomic mass is 9.72. The number of aliphatic hydroxyl groups is 2. The summed E-state index contributed by atoms with van der Waals surface area (Å²) >= 11 is 0. The lowest BCUT2D eigenvalue weighted by molar-refractivity contribution is -0.146. The molecule has 0 aliphatic carbocycles. The van der Waals surface area contributed by atoms with Gasteiger partial charge in [-0.3, -0.25) is 9.59 Å². The van der Waals surface area contributed by atoms with E-state index in [0.717, 1.165) is 54.9 Å². The van der Waals surface area contributed by atoms with Crippen LogP contribution in [0.3, 0.4) is 0 Å². The summed E-state index contributed by atoms with van der Waals surface area (Å²) in [6, 6.07) is 58.8. The van der Waals surface area contributed by atoms with Crippen molar-refractivity contribution in [3.63, 3.8) is 0 Å². The van der Waals surface area contributed by atoms with Crippen LogP contribution in [-0.2, 0) is 22.4 Å². The van der Waals surface area contributed by atoms with E-state index in [1.807, 2.05) is 184 Å². The van der Waals surface area contributed by atoms with Gasteiger partial charge in [-0.25, -0.2) is 0 Å². The summed E-state index contributed by atoms with van der Waals surface area (Å²) < 4.78 is 22.8. The van der Waals surface area contributed by atoms with Gasteiger partial charge < -0.3 is 39.8 Å². The summed E-state index contributed by atoms with van der Waals surface area (Å²) in [6.45, 7) is 3.47. The molecule has 4 atom stereocenters. The highest BCUT2D eigenvalue weighted by Crippen LogP contribution is 2.44. The summed E-state index contributed by atoms with van der Waals surface area (Å²) in [5.74, 6) is 0.0581. The summed E-state index contributed by atoms with van der Waals surface area (Å²) in [6.07, 6.45) is 1.65. The number of hydrogen-bond donors (Lipinski definition) is 4. The van der Waals surface area contributed by atoms with Gasteiger partial charge in [0.25, 0.3) is 0 Å². The minimum absolute atomic E-state index is 0.105. The van der Waals surface area contributed by atoms with Crippen LogP contribution in [0.5, 0.6) is 23.0 Å². The quantitative estimate of drug-likeness (QED) is 0.0440. The lowest BCUT2D eigenvalue weighted by Crippen LogP contribution is -2.58. The maximum atomic E-state index is 15.6. The molecule has 0 fully saturated rings. The maximum absolute atomic E-state index is 15.6. The minimum Gasteiger partial charge on any atom is -0.497 e. The number of amides is 2. The van der Waals surface area contributed by atoms with Crippen LogP contribution in [0, 0.1) is 5.41 Å². The zero-order valence-electron chi connectivity index (χ0n) is 44.0. The predicted molar refractivity (Wildman–Crippen MR) is 299 cm³/mol. The molecular weight excluding hydrogens is 937 g/mol. The molecule has 2 amide bonds. The van der Waals surface area contributed by atoms with Crippen molar-refractivity contribution in [2.75, 3.05) is 41.5 Å². The molecule has 8 aromatic rings. The van der Waals surface area contributed by atoms with E-state index < -0.39 is 40.3 Å². The van der Waals surface area contributed by atoms with Crippen LogP contribution < -0.4 is 29.6 Å². The van der Waals surface area contributed by atoms with Crippen LogP contribution in [0.1, 0.15) is 84.7 Å². The maximum Gasteiger partial charge on any atom is 0.235 e. The number of ether oxygens (including phenoxy) is 4.